The third kappa shape index (κ3) is 3.66. The molecule has 0 bridgehead atoms. The minimum Gasteiger partial charge on any atom is -0.479 e. The molecular formula is C26H18O8. The number of aliphatic hydroxyl groups is 1. The maximum absolute atomic E-state index is 13.6. The second-order valence-electron chi connectivity index (χ2n) is 7.55. The Balaban J connectivity index is 1.90. The number of ketones is 1. The molecule has 2 atom stereocenters. The molecule has 0 spiro atoms. The third-order valence-electron chi connectivity index (χ3n) is 5.57. The highest BCUT2D eigenvalue weighted by Gasteiger charge is 2.60. The lowest BCUT2D eigenvalue weighted by Gasteiger charge is -2.30. The highest BCUT2D eigenvalue weighted by Crippen LogP contribution is 2.30. The van der Waals surface area contributed by atoms with Crippen molar-refractivity contribution in [2.24, 2.45) is 0 Å². The molecule has 8 nitrogen and oxygen atoms in total. The lowest BCUT2D eigenvalue weighted by Crippen LogP contribution is -2.61. The first-order valence-corrected chi connectivity index (χ1v) is 10.2. The Labute approximate surface area is 192 Å². The second-order valence-corrected chi connectivity index (χ2v) is 7.55. The van der Waals surface area contributed by atoms with Crippen molar-refractivity contribution in [1.29, 1.82) is 0 Å². The van der Waals surface area contributed by atoms with Gasteiger partial charge in [0.1, 0.15) is 0 Å². The fourth-order valence-corrected chi connectivity index (χ4v) is 3.89. The Morgan fingerprint density at radius 2 is 1.15 bits per heavy atom. The molecule has 4 rings (SSSR count). The van der Waals surface area contributed by atoms with Crippen LogP contribution in [-0.2, 0) is 14.3 Å². The first-order chi connectivity index (χ1) is 16.3. The summed E-state index contributed by atoms with van der Waals surface area (Å²) in [6.07, 6.45) is -2.88. The molecule has 4 aromatic carbocycles. The van der Waals surface area contributed by atoms with Crippen molar-refractivity contribution in [3.05, 3.63) is 96.1 Å². The van der Waals surface area contributed by atoms with Crippen molar-refractivity contribution in [2.45, 2.75) is 11.7 Å². The van der Waals surface area contributed by atoms with Crippen molar-refractivity contribution < 1.29 is 39.2 Å². The van der Waals surface area contributed by atoms with E-state index in [0.717, 1.165) is 0 Å². The van der Waals surface area contributed by atoms with Crippen LogP contribution < -0.4 is 0 Å². The van der Waals surface area contributed by atoms with Gasteiger partial charge in [0.05, 0.1) is 5.56 Å². The number of benzene rings is 4. The van der Waals surface area contributed by atoms with Gasteiger partial charge in [0.25, 0.3) is 0 Å². The largest absolute Gasteiger partial charge is 0.479 e. The van der Waals surface area contributed by atoms with Crippen LogP contribution in [0.4, 0.5) is 0 Å². The third-order valence-corrected chi connectivity index (χ3v) is 5.57. The molecule has 0 heterocycles. The number of aliphatic hydroxyl groups excluding tert-OH is 1. The first-order valence-electron chi connectivity index (χ1n) is 10.2. The quantitative estimate of drug-likeness (QED) is 0.218. The van der Waals surface area contributed by atoms with Crippen LogP contribution in [0.2, 0.25) is 0 Å². The van der Waals surface area contributed by atoms with Crippen LogP contribution in [0, 0.1) is 0 Å². The SMILES string of the molecule is O=C(O[C@@](C(=O)O)(C(=O)c1cccc2ccccc12)C(O)C(=O)O)c1cccc2ccccc12. The van der Waals surface area contributed by atoms with E-state index in [2.05, 4.69) is 0 Å². The van der Waals surface area contributed by atoms with Crippen LogP contribution in [-0.4, -0.2) is 50.7 Å². The highest BCUT2D eigenvalue weighted by atomic mass is 16.6. The molecule has 0 aliphatic carbocycles. The van der Waals surface area contributed by atoms with Gasteiger partial charge in [-0.2, -0.15) is 0 Å². The standard InChI is InChI=1S/C26H18O8/c27-21(19-13-5-9-15-7-1-3-11-17(15)19)26(25(32)33,22(28)23(29)30)34-24(31)20-14-6-10-16-8-2-4-12-18(16)20/h1-14,22,28H,(H,29,30)(H,32,33)/t22?,26-/m0/s1. The lowest BCUT2D eigenvalue weighted by atomic mass is 9.85. The van der Waals surface area contributed by atoms with Gasteiger partial charge in [-0.05, 0) is 27.6 Å². The molecule has 1 unspecified atom stereocenters. The van der Waals surface area contributed by atoms with Crippen LogP contribution in [0.15, 0.2) is 84.9 Å². The number of ether oxygens (including phenoxy) is 1. The van der Waals surface area contributed by atoms with Crippen LogP contribution in [0.1, 0.15) is 20.7 Å². The summed E-state index contributed by atoms with van der Waals surface area (Å²) in [4.78, 5) is 50.9. The summed E-state index contributed by atoms with van der Waals surface area (Å²) < 4.78 is 5.16. The molecule has 3 N–H and O–H groups in total. The fourth-order valence-electron chi connectivity index (χ4n) is 3.89. The number of carboxylic acid groups (broad SMARTS) is 2. The number of carbonyl (C=O) groups excluding carboxylic acids is 2. The molecule has 0 radical (unpaired) electrons. The Morgan fingerprint density at radius 3 is 1.68 bits per heavy atom. The molecule has 170 valence electrons. The molecule has 0 aliphatic rings. The summed E-state index contributed by atoms with van der Waals surface area (Å²) in [6.45, 7) is 0. The van der Waals surface area contributed by atoms with Crippen molar-refractivity contribution in [1.82, 2.24) is 0 Å². The van der Waals surface area contributed by atoms with E-state index >= 15 is 0 Å². The monoisotopic (exact) mass is 458 g/mol. The summed E-state index contributed by atoms with van der Waals surface area (Å²) in [6, 6.07) is 22.2. The maximum atomic E-state index is 13.6. The van der Waals surface area contributed by atoms with Gasteiger partial charge in [-0.1, -0.05) is 78.9 Å². The average Bonchev–Trinajstić information content (AvgIpc) is 2.85. The van der Waals surface area contributed by atoms with Crippen molar-refractivity contribution >= 4 is 45.2 Å². The van der Waals surface area contributed by atoms with Crippen LogP contribution in [0.25, 0.3) is 21.5 Å². The van der Waals surface area contributed by atoms with Crippen molar-refractivity contribution in [3.8, 4) is 0 Å². The Bertz CT molecular complexity index is 1450. The molecule has 0 saturated heterocycles. The number of carbonyl (C=O) groups is 4. The van der Waals surface area contributed by atoms with E-state index in [1.165, 1.54) is 30.3 Å². The Hall–Kier alpha value is -4.56. The molecule has 0 aliphatic heterocycles. The summed E-state index contributed by atoms with van der Waals surface area (Å²) in [5.74, 6) is -6.80. The number of aliphatic carboxylic acids is 2. The summed E-state index contributed by atoms with van der Waals surface area (Å²) >= 11 is 0. The predicted molar refractivity (Wildman–Crippen MR) is 122 cm³/mol. The zero-order valence-corrected chi connectivity index (χ0v) is 17.5. The first kappa shape index (κ1) is 22.6. The molecule has 8 heteroatoms. The van der Waals surface area contributed by atoms with Crippen LogP contribution in [0.5, 0.6) is 0 Å². The molecule has 0 saturated carbocycles. The number of Topliss-reactive ketones (excluding diaryl/α,β-unsaturated/α-hetero) is 1. The van der Waals surface area contributed by atoms with Gasteiger partial charge in [0.15, 0.2) is 0 Å². The minimum absolute atomic E-state index is 0.0907. The summed E-state index contributed by atoms with van der Waals surface area (Å²) in [5.41, 5.74) is -3.75. The number of hydrogen-bond acceptors (Lipinski definition) is 6. The molecule has 0 fully saturated rings. The number of rotatable bonds is 7. The average molecular weight is 458 g/mol. The normalized spacial score (nSPS) is 13.7. The molecule has 4 aromatic rings. The Kier molecular flexibility index (Phi) is 5.83. The summed E-state index contributed by atoms with van der Waals surface area (Å²) in [5, 5.41) is 31.9. The zero-order chi connectivity index (χ0) is 24.5. The van der Waals surface area contributed by atoms with Gasteiger partial charge in [-0.15, -0.1) is 0 Å². The smallest absolute Gasteiger partial charge is 0.360 e. The van der Waals surface area contributed by atoms with E-state index < -0.39 is 35.4 Å². The van der Waals surface area contributed by atoms with E-state index in [-0.39, 0.29) is 11.1 Å². The zero-order valence-electron chi connectivity index (χ0n) is 17.5. The lowest BCUT2D eigenvalue weighted by molar-refractivity contribution is -0.176. The van der Waals surface area contributed by atoms with Gasteiger partial charge in [-0.3, -0.25) is 4.79 Å². The number of fused-ring (bicyclic) bond motifs is 2. The fraction of sp³-hybridized carbons (Fsp3) is 0.0769. The van der Waals surface area contributed by atoms with E-state index in [1.54, 1.807) is 54.6 Å². The number of esters is 1. The van der Waals surface area contributed by atoms with Gasteiger partial charge in [-0.25, -0.2) is 14.4 Å². The van der Waals surface area contributed by atoms with Crippen LogP contribution in [0.3, 0.4) is 0 Å². The van der Waals surface area contributed by atoms with E-state index in [1.807, 2.05) is 0 Å². The van der Waals surface area contributed by atoms with Gasteiger partial charge < -0.3 is 20.1 Å². The maximum Gasteiger partial charge on any atom is 0.360 e. The molecule has 0 amide bonds. The van der Waals surface area contributed by atoms with E-state index in [4.69, 9.17) is 4.74 Å². The number of carboxylic acids is 2. The van der Waals surface area contributed by atoms with E-state index in [0.29, 0.717) is 21.5 Å². The minimum atomic E-state index is -3.44. The predicted octanol–water partition coefficient (Wildman–Crippen LogP) is 3.30. The molecule has 34 heavy (non-hydrogen) atoms. The Morgan fingerprint density at radius 1 is 0.676 bits per heavy atom. The van der Waals surface area contributed by atoms with Gasteiger partial charge >= 0.3 is 23.5 Å². The van der Waals surface area contributed by atoms with E-state index in [9.17, 15) is 34.5 Å². The molecular weight excluding hydrogens is 440 g/mol. The topological polar surface area (TPSA) is 138 Å². The van der Waals surface area contributed by atoms with Crippen molar-refractivity contribution in [3.63, 3.8) is 0 Å². The van der Waals surface area contributed by atoms with Crippen molar-refractivity contribution in [2.75, 3.05) is 0 Å². The molecule has 0 aromatic heterocycles. The summed E-state index contributed by atoms with van der Waals surface area (Å²) in [7, 11) is 0. The second kappa shape index (κ2) is 8.76. The van der Waals surface area contributed by atoms with Gasteiger partial charge in [0.2, 0.25) is 11.9 Å². The van der Waals surface area contributed by atoms with Gasteiger partial charge in [0, 0.05) is 5.56 Å². The highest BCUT2D eigenvalue weighted by molar-refractivity contribution is 6.23. The van der Waals surface area contributed by atoms with Crippen LogP contribution >= 0.6 is 0 Å². The number of hydrogen-bond donors (Lipinski definition) is 3.